The molecule has 0 spiro atoms. The first-order chi connectivity index (χ1) is 20.2. The highest BCUT2D eigenvalue weighted by Gasteiger charge is 2.42. The molecule has 0 bridgehead atoms. The van der Waals surface area contributed by atoms with Crippen LogP contribution in [0.5, 0.6) is 0 Å². The van der Waals surface area contributed by atoms with E-state index < -0.39 is 11.9 Å². The molecule has 7 nitrogen and oxygen atoms in total. The molecule has 2 fully saturated rings. The minimum atomic E-state index is -0.574. The first-order valence-corrected chi connectivity index (χ1v) is 15.0. The molecule has 7 heteroatoms. The lowest BCUT2D eigenvalue weighted by molar-refractivity contribution is -0.276. The van der Waals surface area contributed by atoms with E-state index in [0.29, 0.717) is 13.1 Å². The third-order valence-corrected chi connectivity index (χ3v) is 8.31. The smallest absolute Gasteiger partial charge is 0.323 e. The van der Waals surface area contributed by atoms with Crippen LogP contribution in [-0.4, -0.2) is 46.8 Å². The molecule has 2 aliphatic rings. The van der Waals surface area contributed by atoms with Crippen LogP contribution in [0.15, 0.2) is 72.8 Å². The van der Waals surface area contributed by atoms with Gasteiger partial charge in [-0.05, 0) is 68.0 Å². The number of nitrogens with two attached hydrogens (primary N) is 1. The zero-order chi connectivity index (χ0) is 29.9. The minimum Gasteiger partial charge on any atom is -0.459 e. The van der Waals surface area contributed by atoms with Gasteiger partial charge in [-0.15, -0.1) is 0 Å². The van der Waals surface area contributed by atoms with Crippen molar-refractivity contribution in [3.05, 3.63) is 95.1 Å². The number of ether oxygens (including phenoxy) is 3. The van der Waals surface area contributed by atoms with Gasteiger partial charge in [0.05, 0.1) is 18.8 Å². The maximum atomic E-state index is 13.1. The van der Waals surface area contributed by atoms with Crippen molar-refractivity contribution in [2.45, 2.75) is 83.8 Å². The molecule has 3 N–H and O–H groups in total. The normalized spacial score (nSPS) is 25.0. The Labute approximate surface area is 249 Å². The van der Waals surface area contributed by atoms with Gasteiger partial charge in [0.25, 0.3) is 0 Å². The molecule has 0 aromatic heterocycles. The van der Waals surface area contributed by atoms with E-state index in [4.69, 9.17) is 19.9 Å². The summed E-state index contributed by atoms with van der Waals surface area (Å²) in [5, 5.41) is 9.56. The van der Waals surface area contributed by atoms with Gasteiger partial charge in [0, 0.05) is 24.6 Å². The Morgan fingerprint density at radius 1 is 1.00 bits per heavy atom. The highest BCUT2D eigenvalue weighted by molar-refractivity contribution is 5.76. The molecule has 3 aromatic rings. The average Bonchev–Trinajstić information content (AvgIpc) is 3.46. The molecule has 2 aliphatic heterocycles. The van der Waals surface area contributed by atoms with Gasteiger partial charge in [0.2, 0.25) is 0 Å². The Morgan fingerprint density at radius 3 is 2.36 bits per heavy atom. The zero-order valence-corrected chi connectivity index (χ0v) is 25.2. The molecule has 5 rings (SSSR count). The van der Waals surface area contributed by atoms with Crippen LogP contribution in [0, 0.1) is 5.92 Å². The Kier molecular flexibility index (Phi) is 9.45. The summed E-state index contributed by atoms with van der Waals surface area (Å²) in [6.07, 6.45) is 0.764. The molecule has 0 saturated carbocycles. The van der Waals surface area contributed by atoms with Gasteiger partial charge in [0.15, 0.2) is 6.29 Å². The summed E-state index contributed by atoms with van der Waals surface area (Å²) in [6, 6.07) is 24.1. The molecule has 3 aromatic carbocycles. The first kappa shape index (κ1) is 30.4. The summed E-state index contributed by atoms with van der Waals surface area (Å²) in [5.41, 5.74) is 11.6. The van der Waals surface area contributed by atoms with E-state index in [1.54, 1.807) is 0 Å². The number of carbonyl (C=O) groups excluding carboxylic acids is 1. The number of hydrogen-bond donors (Lipinski definition) is 2. The SMILES string of the molecule is CC1C(CN2CCCC2C(=O)OC(C)(C)C)OC(c2ccc(-c3ccccc3CN)cc2)OC1c1ccc(CO)cc1. The Morgan fingerprint density at radius 2 is 1.69 bits per heavy atom. The fourth-order valence-electron chi connectivity index (χ4n) is 6.04. The summed E-state index contributed by atoms with van der Waals surface area (Å²) in [7, 11) is 0. The van der Waals surface area contributed by atoms with Gasteiger partial charge in [0.1, 0.15) is 11.6 Å². The van der Waals surface area contributed by atoms with Gasteiger partial charge in [-0.3, -0.25) is 9.69 Å². The standard InChI is InChI=1S/C35H44N2O5/c1-23-31(21-37-19-7-10-30(37)33(39)42-35(2,3)4)40-34(41-32(23)26-13-11-24(22-38)12-14-26)27-17-15-25(16-18-27)29-9-6-5-8-28(29)20-36/h5-6,8-9,11-18,23,30-32,34,38H,7,10,19-22,36H2,1-4H3. The van der Waals surface area contributed by atoms with Gasteiger partial charge >= 0.3 is 5.97 Å². The van der Waals surface area contributed by atoms with Gasteiger partial charge in [-0.2, -0.15) is 0 Å². The lowest BCUT2D eigenvalue weighted by Crippen LogP contribution is -2.48. The fraction of sp³-hybridized carbons (Fsp3) is 0.457. The first-order valence-electron chi connectivity index (χ1n) is 15.0. The number of nitrogens with zero attached hydrogens (tertiary/aromatic N) is 1. The number of hydrogen-bond acceptors (Lipinski definition) is 7. The van der Waals surface area contributed by atoms with E-state index in [-0.39, 0.29) is 36.7 Å². The molecule has 0 amide bonds. The van der Waals surface area contributed by atoms with Crippen molar-refractivity contribution in [1.82, 2.24) is 4.90 Å². The van der Waals surface area contributed by atoms with Crippen LogP contribution in [0.3, 0.4) is 0 Å². The second-order valence-electron chi connectivity index (χ2n) is 12.5. The number of benzene rings is 3. The van der Waals surface area contributed by atoms with Crippen LogP contribution < -0.4 is 5.73 Å². The summed E-state index contributed by atoms with van der Waals surface area (Å²) >= 11 is 0. The monoisotopic (exact) mass is 572 g/mol. The maximum Gasteiger partial charge on any atom is 0.323 e. The van der Waals surface area contributed by atoms with Crippen LogP contribution in [-0.2, 0) is 32.2 Å². The number of esters is 1. The van der Waals surface area contributed by atoms with Crippen LogP contribution in [0.4, 0.5) is 0 Å². The molecule has 224 valence electrons. The molecule has 42 heavy (non-hydrogen) atoms. The molecule has 0 radical (unpaired) electrons. The van der Waals surface area contributed by atoms with Crippen LogP contribution >= 0.6 is 0 Å². The predicted octanol–water partition coefficient (Wildman–Crippen LogP) is 5.90. The van der Waals surface area contributed by atoms with E-state index in [2.05, 4.69) is 48.2 Å². The lowest BCUT2D eigenvalue weighted by atomic mass is 9.89. The van der Waals surface area contributed by atoms with E-state index >= 15 is 0 Å². The largest absolute Gasteiger partial charge is 0.459 e. The fourth-order valence-corrected chi connectivity index (χ4v) is 6.04. The van der Waals surface area contributed by atoms with Crippen molar-refractivity contribution in [3.8, 4) is 11.1 Å². The quantitative estimate of drug-likeness (QED) is 0.325. The number of likely N-dealkylation sites (tertiary alicyclic amines) is 1. The van der Waals surface area contributed by atoms with Crippen LogP contribution in [0.1, 0.15) is 75.2 Å². The second-order valence-corrected chi connectivity index (χ2v) is 12.5. The average molecular weight is 573 g/mol. The molecule has 2 heterocycles. The number of aliphatic hydroxyl groups excluding tert-OH is 1. The van der Waals surface area contributed by atoms with Gasteiger partial charge in [-0.25, -0.2) is 0 Å². The predicted molar refractivity (Wildman–Crippen MR) is 163 cm³/mol. The second kappa shape index (κ2) is 13.1. The maximum absolute atomic E-state index is 13.1. The van der Waals surface area contributed by atoms with Crippen molar-refractivity contribution in [2.75, 3.05) is 13.1 Å². The Bertz CT molecular complexity index is 1330. The third-order valence-electron chi connectivity index (χ3n) is 8.31. The van der Waals surface area contributed by atoms with Crippen LogP contribution in [0.2, 0.25) is 0 Å². The van der Waals surface area contributed by atoms with Crippen molar-refractivity contribution in [3.63, 3.8) is 0 Å². The molecule has 5 atom stereocenters. The molecule has 2 saturated heterocycles. The van der Waals surface area contributed by atoms with E-state index in [1.165, 1.54) is 0 Å². The highest BCUT2D eigenvalue weighted by atomic mass is 16.7. The Hall–Kier alpha value is -3.07. The summed E-state index contributed by atoms with van der Waals surface area (Å²) < 4.78 is 19.1. The molecule has 5 unspecified atom stereocenters. The van der Waals surface area contributed by atoms with Gasteiger partial charge in [-0.1, -0.05) is 79.7 Å². The molecule has 0 aliphatic carbocycles. The number of aliphatic hydroxyl groups is 1. The van der Waals surface area contributed by atoms with Crippen molar-refractivity contribution in [2.24, 2.45) is 11.7 Å². The van der Waals surface area contributed by atoms with E-state index in [9.17, 15) is 9.90 Å². The highest BCUT2D eigenvalue weighted by Crippen LogP contribution is 2.42. The number of rotatable bonds is 8. The van der Waals surface area contributed by atoms with Crippen LogP contribution in [0.25, 0.3) is 11.1 Å². The topological polar surface area (TPSA) is 94.3 Å². The van der Waals surface area contributed by atoms with E-state index in [0.717, 1.165) is 52.8 Å². The summed E-state index contributed by atoms with van der Waals surface area (Å²) in [5.74, 6) is -0.141. The van der Waals surface area contributed by atoms with Crippen molar-refractivity contribution in [1.29, 1.82) is 0 Å². The number of carbonyl (C=O) groups is 1. The van der Waals surface area contributed by atoms with Crippen molar-refractivity contribution >= 4 is 5.97 Å². The minimum absolute atomic E-state index is 0.00361. The third kappa shape index (κ3) is 6.93. The Balaban J connectivity index is 1.41. The van der Waals surface area contributed by atoms with E-state index in [1.807, 2.05) is 57.2 Å². The lowest BCUT2D eigenvalue weighted by Gasteiger charge is -2.43. The zero-order valence-electron chi connectivity index (χ0n) is 25.2. The summed E-state index contributed by atoms with van der Waals surface area (Å²) in [4.78, 5) is 15.3. The molecular formula is C35H44N2O5. The molecular weight excluding hydrogens is 528 g/mol. The van der Waals surface area contributed by atoms with Gasteiger partial charge < -0.3 is 25.1 Å². The summed E-state index contributed by atoms with van der Waals surface area (Å²) in [6.45, 7) is 9.78. The van der Waals surface area contributed by atoms with Crippen molar-refractivity contribution < 1.29 is 24.1 Å².